The van der Waals surface area contributed by atoms with Crippen LogP contribution in [-0.2, 0) is 21.2 Å². The lowest BCUT2D eigenvalue weighted by atomic mass is 10.2. The first kappa shape index (κ1) is 16.9. The zero-order valence-electron chi connectivity index (χ0n) is 11.2. The average Bonchev–Trinajstić information content (AvgIpc) is 2.42. The van der Waals surface area contributed by atoms with E-state index in [9.17, 15) is 13.2 Å². The van der Waals surface area contributed by atoms with Gasteiger partial charge in [-0.25, -0.2) is 13.1 Å². The second-order valence-corrected chi connectivity index (χ2v) is 7.04. The van der Waals surface area contributed by atoms with E-state index in [1.807, 2.05) is 6.26 Å². The first-order valence-corrected chi connectivity index (χ1v) is 9.11. The first-order valence-electron chi connectivity index (χ1n) is 6.06. The molecule has 1 rings (SSSR count). The van der Waals surface area contributed by atoms with Gasteiger partial charge in [-0.05, 0) is 30.6 Å². The van der Waals surface area contributed by atoms with Crippen LogP contribution in [0.3, 0.4) is 0 Å². The summed E-state index contributed by atoms with van der Waals surface area (Å²) >= 11 is 1.48. The minimum absolute atomic E-state index is 0.174. The molecule has 0 spiro atoms. The van der Waals surface area contributed by atoms with E-state index in [0.29, 0.717) is 11.4 Å². The van der Waals surface area contributed by atoms with Gasteiger partial charge in [0.2, 0.25) is 10.0 Å². The number of thioether (sulfide) groups is 1. The molecule has 0 amide bonds. The average molecular weight is 318 g/mol. The van der Waals surface area contributed by atoms with E-state index in [1.165, 1.54) is 11.8 Å². The van der Waals surface area contributed by atoms with Gasteiger partial charge >= 0.3 is 5.97 Å². The van der Waals surface area contributed by atoms with Gasteiger partial charge in [0.25, 0.3) is 0 Å². The van der Waals surface area contributed by atoms with Crippen LogP contribution in [0.15, 0.2) is 24.4 Å². The molecule has 0 aliphatic rings. The second-order valence-electron chi connectivity index (χ2n) is 4.18. The highest BCUT2D eigenvalue weighted by atomic mass is 32.2. The molecule has 1 heterocycles. The van der Waals surface area contributed by atoms with Crippen molar-refractivity contribution in [1.82, 2.24) is 9.71 Å². The Balaban J connectivity index is 2.56. The number of nitrogens with one attached hydrogen (secondary N) is 1. The van der Waals surface area contributed by atoms with E-state index < -0.39 is 22.0 Å². The molecule has 0 saturated carbocycles. The third-order valence-electron chi connectivity index (χ3n) is 2.58. The Morgan fingerprint density at radius 2 is 2.25 bits per heavy atom. The lowest BCUT2D eigenvalue weighted by molar-refractivity contribution is -0.139. The molecule has 8 heteroatoms. The highest BCUT2D eigenvalue weighted by molar-refractivity contribution is 7.98. The van der Waals surface area contributed by atoms with Gasteiger partial charge in [-0.3, -0.25) is 9.78 Å². The standard InChI is InChI=1S/C12H18N2O4S2/c1-19-8-5-11(12(15)16)14-20(17,18)9-6-10-4-2-3-7-13-10/h2-4,7,11,14H,5-6,8-9H2,1H3,(H,15,16)/t11-/m0/s1. The van der Waals surface area contributed by atoms with Crippen molar-refractivity contribution in [1.29, 1.82) is 0 Å². The summed E-state index contributed by atoms with van der Waals surface area (Å²) in [7, 11) is -3.63. The number of aromatic nitrogens is 1. The number of nitrogens with zero attached hydrogens (tertiary/aromatic N) is 1. The number of aryl methyl sites for hydroxylation is 1. The molecule has 0 bridgehead atoms. The summed E-state index contributed by atoms with van der Waals surface area (Å²) in [6.07, 6.45) is 3.95. The number of hydrogen-bond donors (Lipinski definition) is 2. The SMILES string of the molecule is CSCC[C@H](NS(=O)(=O)CCc1ccccn1)C(=O)O. The predicted molar refractivity (Wildman–Crippen MR) is 79.3 cm³/mol. The third-order valence-corrected chi connectivity index (χ3v) is 4.61. The quantitative estimate of drug-likeness (QED) is 0.697. The summed E-state index contributed by atoms with van der Waals surface area (Å²) in [5.74, 6) is -0.743. The number of carboxylic acids is 1. The van der Waals surface area contributed by atoms with Crippen LogP contribution in [0.5, 0.6) is 0 Å². The van der Waals surface area contributed by atoms with Crippen LogP contribution in [0.2, 0.25) is 0 Å². The molecule has 0 aliphatic heterocycles. The van der Waals surface area contributed by atoms with Crippen LogP contribution in [0.4, 0.5) is 0 Å². The van der Waals surface area contributed by atoms with Crippen molar-refractivity contribution in [3.63, 3.8) is 0 Å². The molecule has 1 atom stereocenters. The van der Waals surface area contributed by atoms with Crippen molar-refractivity contribution >= 4 is 27.8 Å². The van der Waals surface area contributed by atoms with Crippen LogP contribution in [-0.4, -0.2) is 48.3 Å². The van der Waals surface area contributed by atoms with Gasteiger partial charge in [-0.1, -0.05) is 6.07 Å². The van der Waals surface area contributed by atoms with Crippen LogP contribution >= 0.6 is 11.8 Å². The molecule has 6 nitrogen and oxygen atoms in total. The fraction of sp³-hybridized carbons (Fsp3) is 0.500. The Labute approximate surface area is 123 Å². The second kappa shape index (κ2) is 8.23. The van der Waals surface area contributed by atoms with Gasteiger partial charge in [0.1, 0.15) is 6.04 Å². The maximum absolute atomic E-state index is 11.9. The number of pyridine rings is 1. The molecule has 20 heavy (non-hydrogen) atoms. The van der Waals surface area contributed by atoms with Crippen molar-refractivity contribution < 1.29 is 18.3 Å². The van der Waals surface area contributed by atoms with Crippen molar-refractivity contribution in [3.8, 4) is 0 Å². The summed E-state index contributed by atoms with van der Waals surface area (Å²) in [4.78, 5) is 15.0. The van der Waals surface area contributed by atoms with Crippen LogP contribution < -0.4 is 4.72 Å². The minimum atomic E-state index is -3.63. The van der Waals surface area contributed by atoms with E-state index >= 15 is 0 Å². The molecule has 1 aromatic heterocycles. The highest BCUT2D eigenvalue weighted by Crippen LogP contribution is 2.04. The zero-order chi connectivity index (χ0) is 15.0. The van der Waals surface area contributed by atoms with Gasteiger partial charge in [-0.2, -0.15) is 11.8 Å². The predicted octanol–water partition coefficient (Wildman–Crippen LogP) is 0.750. The molecular weight excluding hydrogens is 300 g/mol. The Morgan fingerprint density at radius 3 is 2.80 bits per heavy atom. The minimum Gasteiger partial charge on any atom is -0.480 e. The molecule has 0 saturated heterocycles. The van der Waals surface area contributed by atoms with Gasteiger partial charge in [-0.15, -0.1) is 0 Å². The third kappa shape index (κ3) is 6.36. The van der Waals surface area contributed by atoms with Gasteiger partial charge in [0.15, 0.2) is 0 Å². The fourth-order valence-corrected chi connectivity index (χ4v) is 3.25. The van der Waals surface area contributed by atoms with E-state index in [1.54, 1.807) is 24.4 Å². The Bertz CT molecular complexity index is 520. The number of aliphatic carboxylic acids is 1. The first-order chi connectivity index (χ1) is 9.44. The molecular formula is C12H18N2O4S2. The molecule has 0 unspecified atom stereocenters. The van der Waals surface area contributed by atoms with Crippen molar-refractivity contribution in [2.75, 3.05) is 17.8 Å². The number of rotatable bonds is 9. The lowest BCUT2D eigenvalue weighted by Crippen LogP contribution is -2.42. The maximum Gasteiger partial charge on any atom is 0.321 e. The van der Waals surface area contributed by atoms with Crippen molar-refractivity contribution in [3.05, 3.63) is 30.1 Å². The van der Waals surface area contributed by atoms with E-state index in [4.69, 9.17) is 5.11 Å². The van der Waals surface area contributed by atoms with E-state index in [2.05, 4.69) is 9.71 Å². The summed E-state index contributed by atoms with van der Waals surface area (Å²) in [6, 6.07) is 4.19. The Morgan fingerprint density at radius 1 is 1.50 bits per heavy atom. The number of carbonyl (C=O) groups is 1. The monoisotopic (exact) mass is 318 g/mol. The largest absolute Gasteiger partial charge is 0.480 e. The molecule has 112 valence electrons. The van der Waals surface area contributed by atoms with E-state index in [0.717, 1.165) is 0 Å². The number of sulfonamides is 1. The van der Waals surface area contributed by atoms with E-state index in [-0.39, 0.29) is 18.6 Å². The number of carboxylic acid groups (broad SMARTS) is 1. The fourth-order valence-electron chi connectivity index (χ4n) is 1.53. The topological polar surface area (TPSA) is 96.4 Å². The van der Waals surface area contributed by atoms with Gasteiger partial charge < -0.3 is 5.11 Å². The number of hydrogen-bond acceptors (Lipinski definition) is 5. The van der Waals surface area contributed by atoms with Crippen LogP contribution in [0.1, 0.15) is 12.1 Å². The van der Waals surface area contributed by atoms with Gasteiger partial charge in [0, 0.05) is 18.3 Å². The summed E-state index contributed by atoms with van der Waals surface area (Å²) < 4.78 is 26.0. The highest BCUT2D eigenvalue weighted by Gasteiger charge is 2.23. The van der Waals surface area contributed by atoms with Crippen LogP contribution in [0, 0.1) is 0 Å². The molecule has 2 N–H and O–H groups in total. The Hall–Kier alpha value is -1.12. The van der Waals surface area contributed by atoms with Crippen molar-refractivity contribution in [2.45, 2.75) is 18.9 Å². The lowest BCUT2D eigenvalue weighted by Gasteiger charge is -2.14. The zero-order valence-corrected chi connectivity index (χ0v) is 12.8. The summed E-state index contributed by atoms with van der Waals surface area (Å²) in [5, 5.41) is 9.00. The molecule has 1 aromatic rings. The summed E-state index contributed by atoms with van der Waals surface area (Å²) in [5.41, 5.74) is 0.661. The molecule has 0 fully saturated rings. The molecule has 0 aliphatic carbocycles. The smallest absolute Gasteiger partial charge is 0.321 e. The Kier molecular flexibility index (Phi) is 6.97. The van der Waals surface area contributed by atoms with Crippen LogP contribution in [0.25, 0.3) is 0 Å². The normalized spacial score (nSPS) is 13.1. The molecule has 0 radical (unpaired) electrons. The summed E-state index contributed by atoms with van der Waals surface area (Å²) in [6.45, 7) is 0. The van der Waals surface area contributed by atoms with Crippen molar-refractivity contribution in [2.24, 2.45) is 0 Å². The molecule has 0 aromatic carbocycles. The van der Waals surface area contributed by atoms with Gasteiger partial charge in [0.05, 0.1) is 5.75 Å². The maximum atomic E-state index is 11.9.